The van der Waals surface area contributed by atoms with Gasteiger partial charge in [0, 0.05) is 32.3 Å². The zero-order chi connectivity index (χ0) is 16.2. The zero-order valence-electron chi connectivity index (χ0n) is 12.3. The lowest BCUT2D eigenvalue weighted by molar-refractivity contribution is 0.0937. The number of sulfonamides is 1. The minimum absolute atomic E-state index is 0.0181. The Hall–Kier alpha value is -1.15. The maximum atomic E-state index is 12.6. The Bertz CT molecular complexity index is 642. The summed E-state index contributed by atoms with van der Waals surface area (Å²) in [6.07, 6.45) is 1.68. The van der Waals surface area contributed by atoms with Crippen LogP contribution in [0.2, 0.25) is 5.02 Å². The molecule has 1 saturated heterocycles. The molecule has 122 valence electrons. The van der Waals surface area contributed by atoms with Gasteiger partial charge < -0.3 is 10.1 Å². The molecular formula is C14H19ClN2O4S. The van der Waals surface area contributed by atoms with Gasteiger partial charge in [-0.1, -0.05) is 11.6 Å². The van der Waals surface area contributed by atoms with Crippen LogP contribution in [0.25, 0.3) is 0 Å². The molecule has 1 amide bonds. The molecule has 6 nitrogen and oxygen atoms in total. The predicted octanol–water partition coefficient (Wildman–Crippen LogP) is 1.50. The third kappa shape index (κ3) is 3.78. The number of carbonyl (C=O) groups excluding carboxylic acids is 1. The van der Waals surface area contributed by atoms with E-state index in [0.717, 1.165) is 12.8 Å². The Morgan fingerprint density at radius 3 is 2.68 bits per heavy atom. The van der Waals surface area contributed by atoms with Crippen molar-refractivity contribution in [1.82, 2.24) is 9.62 Å². The second-order valence-corrected chi connectivity index (χ2v) is 7.32. The largest absolute Gasteiger partial charge is 0.383 e. The lowest BCUT2D eigenvalue weighted by Crippen LogP contribution is -2.29. The van der Waals surface area contributed by atoms with Crippen LogP contribution in [-0.2, 0) is 14.8 Å². The Balaban J connectivity index is 2.25. The van der Waals surface area contributed by atoms with E-state index in [4.69, 9.17) is 16.3 Å². The minimum atomic E-state index is -3.65. The van der Waals surface area contributed by atoms with Crippen LogP contribution in [0.15, 0.2) is 23.1 Å². The topological polar surface area (TPSA) is 75.7 Å². The molecule has 0 unspecified atom stereocenters. The molecule has 1 aromatic carbocycles. The maximum Gasteiger partial charge on any atom is 0.251 e. The van der Waals surface area contributed by atoms with Gasteiger partial charge in [-0.05, 0) is 31.0 Å². The summed E-state index contributed by atoms with van der Waals surface area (Å²) in [5, 5.41) is 2.78. The Morgan fingerprint density at radius 2 is 2.05 bits per heavy atom. The molecule has 1 heterocycles. The number of rotatable bonds is 6. The highest BCUT2D eigenvalue weighted by Gasteiger charge is 2.29. The van der Waals surface area contributed by atoms with Gasteiger partial charge >= 0.3 is 0 Å². The molecule has 1 N–H and O–H groups in total. The number of carbonyl (C=O) groups is 1. The Labute approximate surface area is 135 Å². The molecule has 0 aromatic heterocycles. The third-order valence-corrected chi connectivity index (χ3v) is 5.85. The van der Waals surface area contributed by atoms with Crippen molar-refractivity contribution in [3.63, 3.8) is 0 Å². The second-order valence-electron chi connectivity index (χ2n) is 5.01. The number of nitrogens with zero attached hydrogens (tertiary/aromatic N) is 1. The zero-order valence-corrected chi connectivity index (χ0v) is 13.9. The van der Waals surface area contributed by atoms with Gasteiger partial charge in [0.05, 0.1) is 11.6 Å². The highest BCUT2D eigenvalue weighted by molar-refractivity contribution is 7.89. The molecule has 1 aromatic rings. The summed E-state index contributed by atoms with van der Waals surface area (Å²) in [6, 6.07) is 4.28. The van der Waals surface area contributed by atoms with Crippen molar-refractivity contribution < 1.29 is 17.9 Å². The highest BCUT2D eigenvalue weighted by atomic mass is 35.5. The number of amides is 1. The lowest BCUT2D eigenvalue weighted by atomic mass is 10.2. The standard InChI is InChI=1S/C14H19ClN2O4S/c1-21-9-6-16-14(18)11-4-5-12(15)13(10-11)22(19,20)17-7-2-3-8-17/h4-5,10H,2-3,6-9H2,1H3,(H,16,18). The van der Waals surface area contributed by atoms with Gasteiger partial charge in [0.2, 0.25) is 10.0 Å². The average molecular weight is 347 g/mol. The first-order valence-electron chi connectivity index (χ1n) is 7.03. The molecule has 22 heavy (non-hydrogen) atoms. The summed E-state index contributed by atoms with van der Waals surface area (Å²) in [5.74, 6) is -0.355. The van der Waals surface area contributed by atoms with Gasteiger partial charge in [0.15, 0.2) is 0 Å². The third-order valence-electron chi connectivity index (χ3n) is 3.47. The van der Waals surface area contributed by atoms with E-state index in [-0.39, 0.29) is 21.4 Å². The molecule has 1 fully saturated rings. The minimum Gasteiger partial charge on any atom is -0.383 e. The SMILES string of the molecule is COCCNC(=O)c1ccc(Cl)c(S(=O)(=O)N2CCCC2)c1. The van der Waals surface area contributed by atoms with Crippen molar-refractivity contribution in [2.75, 3.05) is 33.4 Å². The molecule has 0 spiro atoms. The number of benzene rings is 1. The predicted molar refractivity (Wildman–Crippen MR) is 83.7 cm³/mol. The Kier molecular flexibility index (Phi) is 5.80. The van der Waals surface area contributed by atoms with Gasteiger partial charge in [-0.25, -0.2) is 8.42 Å². The number of halogens is 1. The number of ether oxygens (including phenoxy) is 1. The smallest absolute Gasteiger partial charge is 0.251 e. The van der Waals surface area contributed by atoms with Gasteiger partial charge in [-0.3, -0.25) is 4.79 Å². The van der Waals surface area contributed by atoms with Crippen molar-refractivity contribution in [2.45, 2.75) is 17.7 Å². The van der Waals surface area contributed by atoms with Gasteiger partial charge in [0.1, 0.15) is 4.90 Å². The molecule has 0 aliphatic carbocycles. The van der Waals surface area contributed by atoms with Gasteiger partial charge in [-0.15, -0.1) is 0 Å². The summed E-state index contributed by atoms with van der Waals surface area (Å²) in [7, 11) is -2.12. The maximum absolute atomic E-state index is 12.6. The van der Waals surface area contributed by atoms with Crippen LogP contribution < -0.4 is 5.32 Å². The molecule has 0 radical (unpaired) electrons. The van der Waals surface area contributed by atoms with E-state index in [0.29, 0.717) is 26.2 Å². The van der Waals surface area contributed by atoms with E-state index < -0.39 is 10.0 Å². The van der Waals surface area contributed by atoms with Crippen molar-refractivity contribution in [2.24, 2.45) is 0 Å². The summed E-state index contributed by atoms with van der Waals surface area (Å²) in [6.45, 7) is 1.72. The number of nitrogens with one attached hydrogen (secondary N) is 1. The fourth-order valence-corrected chi connectivity index (χ4v) is 4.30. The van der Waals surface area contributed by atoms with Crippen molar-refractivity contribution in [1.29, 1.82) is 0 Å². The van der Waals surface area contributed by atoms with Gasteiger partial charge in [-0.2, -0.15) is 4.31 Å². The van der Waals surface area contributed by atoms with Crippen LogP contribution in [0, 0.1) is 0 Å². The van der Waals surface area contributed by atoms with Crippen molar-refractivity contribution in [3.05, 3.63) is 28.8 Å². The molecule has 0 saturated carbocycles. The fourth-order valence-electron chi connectivity index (χ4n) is 2.28. The molecule has 0 bridgehead atoms. The van der Waals surface area contributed by atoms with E-state index >= 15 is 0 Å². The summed E-state index contributed by atoms with van der Waals surface area (Å²) >= 11 is 6.03. The molecule has 0 atom stereocenters. The van der Waals surface area contributed by atoms with Crippen molar-refractivity contribution >= 4 is 27.5 Å². The average Bonchev–Trinajstić information content (AvgIpc) is 3.02. The molecular weight excluding hydrogens is 328 g/mol. The van der Waals surface area contributed by atoms with Crippen LogP contribution in [0.4, 0.5) is 0 Å². The number of hydrogen-bond donors (Lipinski definition) is 1. The molecule has 1 aliphatic rings. The normalized spacial score (nSPS) is 15.9. The van der Waals surface area contributed by atoms with Gasteiger partial charge in [0.25, 0.3) is 5.91 Å². The van der Waals surface area contributed by atoms with E-state index in [1.165, 1.54) is 29.6 Å². The highest BCUT2D eigenvalue weighted by Crippen LogP contribution is 2.28. The quantitative estimate of drug-likeness (QED) is 0.792. The monoisotopic (exact) mass is 346 g/mol. The number of hydrogen-bond acceptors (Lipinski definition) is 4. The van der Waals surface area contributed by atoms with Crippen molar-refractivity contribution in [3.8, 4) is 0 Å². The van der Waals surface area contributed by atoms with Crippen LogP contribution >= 0.6 is 11.6 Å². The fraction of sp³-hybridized carbons (Fsp3) is 0.500. The molecule has 8 heteroatoms. The van der Waals surface area contributed by atoms with E-state index in [1.807, 2.05) is 0 Å². The van der Waals surface area contributed by atoms with E-state index in [1.54, 1.807) is 0 Å². The first-order valence-corrected chi connectivity index (χ1v) is 8.85. The molecule has 1 aliphatic heterocycles. The summed E-state index contributed by atoms with van der Waals surface area (Å²) in [5.41, 5.74) is 0.262. The summed E-state index contributed by atoms with van der Waals surface area (Å²) in [4.78, 5) is 12.0. The lowest BCUT2D eigenvalue weighted by Gasteiger charge is -2.17. The van der Waals surface area contributed by atoms with Crippen LogP contribution in [-0.4, -0.2) is 52.0 Å². The van der Waals surface area contributed by atoms with Crippen LogP contribution in [0.5, 0.6) is 0 Å². The Morgan fingerprint density at radius 1 is 1.36 bits per heavy atom. The first kappa shape index (κ1) is 17.2. The first-order chi connectivity index (χ1) is 10.5. The number of methoxy groups -OCH3 is 1. The molecule has 2 rings (SSSR count). The second kappa shape index (κ2) is 7.41. The van der Waals surface area contributed by atoms with E-state index in [9.17, 15) is 13.2 Å². The summed E-state index contributed by atoms with van der Waals surface area (Å²) < 4.78 is 31.4. The van der Waals surface area contributed by atoms with Crippen LogP contribution in [0.1, 0.15) is 23.2 Å². The van der Waals surface area contributed by atoms with E-state index in [2.05, 4.69) is 5.32 Å². The van der Waals surface area contributed by atoms with Crippen LogP contribution in [0.3, 0.4) is 0 Å².